The lowest BCUT2D eigenvalue weighted by Crippen LogP contribution is -2.15. The number of hydrogen-bond donors (Lipinski definition) is 2. The van der Waals surface area contributed by atoms with Crippen molar-refractivity contribution in [3.63, 3.8) is 0 Å². The highest BCUT2D eigenvalue weighted by Crippen LogP contribution is 2.19. The van der Waals surface area contributed by atoms with Crippen molar-refractivity contribution in [3.8, 4) is 0 Å². The number of nitrogens with two attached hydrogens (primary N) is 1. The van der Waals surface area contributed by atoms with Gasteiger partial charge in [-0.05, 0) is 49.2 Å². The number of hydrogen-bond acceptors (Lipinski definition) is 2. The third kappa shape index (κ3) is 2.73. The fourth-order valence-electron chi connectivity index (χ4n) is 1.81. The van der Waals surface area contributed by atoms with Crippen LogP contribution in [0, 0.1) is 19.7 Å². The van der Waals surface area contributed by atoms with E-state index in [2.05, 4.69) is 5.32 Å². The van der Waals surface area contributed by atoms with Crippen molar-refractivity contribution < 1.29 is 9.18 Å². The molecule has 4 heteroatoms. The molecule has 0 aromatic heterocycles. The van der Waals surface area contributed by atoms with Gasteiger partial charge in [-0.1, -0.05) is 12.1 Å². The molecule has 0 saturated heterocycles. The molecule has 2 aromatic rings. The smallest absolute Gasteiger partial charge is 0.256 e. The van der Waals surface area contributed by atoms with Gasteiger partial charge in [0.15, 0.2) is 0 Å². The summed E-state index contributed by atoms with van der Waals surface area (Å²) in [5.41, 5.74) is 8.38. The zero-order valence-electron chi connectivity index (χ0n) is 10.8. The minimum atomic E-state index is -0.449. The van der Waals surface area contributed by atoms with Gasteiger partial charge in [0.1, 0.15) is 5.82 Å². The Morgan fingerprint density at radius 1 is 1.21 bits per heavy atom. The molecule has 0 bridgehead atoms. The molecule has 3 N–H and O–H groups in total. The highest BCUT2D eigenvalue weighted by molar-refractivity contribution is 6.06. The molecule has 98 valence electrons. The molecule has 0 fully saturated rings. The van der Waals surface area contributed by atoms with Crippen molar-refractivity contribution in [2.75, 3.05) is 11.1 Å². The minimum absolute atomic E-state index is 0.164. The van der Waals surface area contributed by atoms with Crippen LogP contribution in [0.15, 0.2) is 36.4 Å². The summed E-state index contributed by atoms with van der Waals surface area (Å²) < 4.78 is 13.7. The SMILES string of the molecule is Cc1ccc(NC(=O)c2cccc(N)c2C)c(F)c1. The number of halogens is 1. The predicted molar refractivity (Wildman–Crippen MR) is 74.7 cm³/mol. The number of amides is 1. The first kappa shape index (κ1) is 13.1. The van der Waals surface area contributed by atoms with E-state index in [4.69, 9.17) is 5.73 Å². The van der Waals surface area contributed by atoms with Gasteiger partial charge in [-0.3, -0.25) is 4.79 Å². The molecular weight excluding hydrogens is 243 g/mol. The van der Waals surface area contributed by atoms with Gasteiger partial charge in [-0.15, -0.1) is 0 Å². The van der Waals surface area contributed by atoms with Gasteiger partial charge >= 0.3 is 0 Å². The number of aryl methyl sites for hydroxylation is 1. The highest BCUT2D eigenvalue weighted by atomic mass is 19.1. The lowest BCUT2D eigenvalue weighted by Gasteiger charge is -2.10. The first-order valence-corrected chi connectivity index (χ1v) is 5.91. The second-order valence-electron chi connectivity index (χ2n) is 4.46. The molecule has 0 aliphatic carbocycles. The van der Waals surface area contributed by atoms with Gasteiger partial charge in [0.05, 0.1) is 5.69 Å². The van der Waals surface area contributed by atoms with E-state index in [1.54, 1.807) is 44.2 Å². The fourth-order valence-corrected chi connectivity index (χ4v) is 1.81. The first-order chi connectivity index (χ1) is 8.99. The molecule has 2 aromatic carbocycles. The van der Waals surface area contributed by atoms with Crippen molar-refractivity contribution in [2.45, 2.75) is 13.8 Å². The zero-order valence-corrected chi connectivity index (χ0v) is 10.8. The van der Waals surface area contributed by atoms with Crippen molar-refractivity contribution in [1.29, 1.82) is 0 Å². The summed E-state index contributed by atoms with van der Waals surface area (Å²) in [5, 5.41) is 2.55. The van der Waals surface area contributed by atoms with Gasteiger partial charge in [-0.25, -0.2) is 4.39 Å². The Kier molecular flexibility index (Phi) is 3.51. The molecule has 0 saturated carbocycles. The highest BCUT2D eigenvalue weighted by Gasteiger charge is 2.12. The van der Waals surface area contributed by atoms with Crippen LogP contribution < -0.4 is 11.1 Å². The molecular formula is C15H15FN2O. The van der Waals surface area contributed by atoms with E-state index in [9.17, 15) is 9.18 Å². The molecule has 0 atom stereocenters. The van der Waals surface area contributed by atoms with Crippen LogP contribution in [0.2, 0.25) is 0 Å². The van der Waals surface area contributed by atoms with E-state index in [1.807, 2.05) is 0 Å². The number of rotatable bonds is 2. The van der Waals surface area contributed by atoms with Crippen LogP contribution in [0.4, 0.5) is 15.8 Å². The molecule has 0 unspecified atom stereocenters. The van der Waals surface area contributed by atoms with E-state index < -0.39 is 5.82 Å². The quantitative estimate of drug-likeness (QED) is 0.812. The molecule has 1 amide bonds. The van der Waals surface area contributed by atoms with E-state index >= 15 is 0 Å². The summed E-state index contributed by atoms with van der Waals surface area (Å²) in [4.78, 5) is 12.1. The molecule has 0 aliphatic rings. The second kappa shape index (κ2) is 5.10. The topological polar surface area (TPSA) is 55.1 Å². The summed E-state index contributed by atoms with van der Waals surface area (Å²) in [6.07, 6.45) is 0. The number of anilines is 2. The van der Waals surface area contributed by atoms with E-state index in [-0.39, 0.29) is 11.6 Å². The van der Waals surface area contributed by atoms with Crippen LogP contribution in [-0.4, -0.2) is 5.91 Å². The number of carbonyl (C=O) groups is 1. The standard InChI is InChI=1S/C15H15FN2O/c1-9-6-7-14(12(16)8-9)18-15(19)11-4-3-5-13(17)10(11)2/h3-8H,17H2,1-2H3,(H,18,19). The average molecular weight is 258 g/mol. The summed E-state index contributed by atoms with van der Waals surface area (Å²) in [5.74, 6) is -0.817. The van der Waals surface area contributed by atoms with Crippen LogP contribution in [0.5, 0.6) is 0 Å². The normalized spacial score (nSPS) is 10.3. The van der Waals surface area contributed by atoms with Crippen LogP contribution in [-0.2, 0) is 0 Å². The largest absolute Gasteiger partial charge is 0.398 e. The third-order valence-electron chi connectivity index (χ3n) is 2.99. The Balaban J connectivity index is 2.28. The van der Waals surface area contributed by atoms with E-state index in [0.717, 1.165) is 5.56 Å². The number of nitrogens with one attached hydrogen (secondary N) is 1. The average Bonchev–Trinajstić information content (AvgIpc) is 2.36. The summed E-state index contributed by atoms with van der Waals surface area (Å²) >= 11 is 0. The Morgan fingerprint density at radius 3 is 2.63 bits per heavy atom. The first-order valence-electron chi connectivity index (χ1n) is 5.91. The van der Waals surface area contributed by atoms with Crippen LogP contribution in [0.1, 0.15) is 21.5 Å². The maximum Gasteiger partial charge on any atom is 0.256 e. The number of nitrogen functional groups attached to an aromatic ring is 1. The molecule has 2 rings (SSSR count). The molecule has 0 aliphatic heterocycles. The number of benzene rings is 2. The zero-order chi connectivity index (χ0) is 14.0. The predicted octanol–water partition coefficient (Wildman–Crippen LogP) is 3.28. The molecule has 0 spiro atoms. The minimum Gasteiger partial charge on any atom is -0.398 e. The Bertz CT molecular complexity index is 638. The monoisotopic (exact) mass is 258 g/mol. The molecule has 19 heavy (non-hydrogen) atoms. The lowest BCUT2D eigenvalue weighted by atomic mass is 10.1. The van der Waals surface area contributed by atoms with Crippen LogP contribution in [0.3, 0.4) is 0 Å². The maximum absolute atomic E-state index is 13.7. The van der Waals surface area contributed by atoms with Crippen molar-refractivity contribution in [2.24, 2.45) is 0 Å². The molecule has 0 radical (unpaired) electrons. The van der Waals surface area contributed by atoms with Gasteiger partial charge in [-0.2, -0.15) is 0 Å². The van der Waals surface area contributed by atoms with Gasteiger partial charge in [0, 0.05) is 11.3 Å². The van der Waals surface area contributed by atoms with Gasteiger partial charge in [0.25, 0.3) is 5.91 Å². The Morgan fingerprint density at radius 2 is 1.95 bits per heavy atom. The van der Waals surface area contributed by atoms with E-state index in [0.29, 0.717) is 16.8 Å². The summed E-state index contributed by atoms with van der Waals surface area (Å²) in [6, 6.07) is 9.74. The fraction of sp³-hybridized carbons (Fsp3) is 0.133. The molecule has 3 nitrogen and oxygen atoms in total. The summed E-state index contributed by atoms with van der Waals surface area (Å²) in [7, 11) is 0. The van der Waals surface area contributed by atoms with Gasteiger partial charge in [0.2, 0.25) is 0 Å². The van der Waals surface area contributed by atoms with Crippen LogP contribution >= 0.6 is 0 Å². The molecule has 0 heterocycles. The lowest BCUT2D eigenvalue weighted by molar-refractivity contribution is 0.102. The number of carbonyl (C=O) groups excluding carboxylic acids is 1. The van der Waals surface area contributed by atoms with Crippen molar-refractivity contribution >= 4 is 17.3 Å². The van der Waals surface area contributed by atoms with Crippen molar-refractivity contribution in [1.82, 2.24) is 0 Å². The second-order valence-corrected chi connectivity index (χ2v) is 4.46. The third-order valence-corrected chi connectivity index (χ3v) is 2.99. The Hall–Kier alpha value is -2.36. The van der Waals surface area contributed by atoms with E-state index in [1.165, 1.54) is 6.07 Å². The van der Waals surface area contributed by atoms with Gasteiger partial charge < -0.3 is 11.1 Å². The van der Waals surface area contributed by atoms with Crippen LogP contribution in [0.25, 0.3) is 0 Å². The Labute approximate surface area is 111 Å². The van der Waals surface area contributed by atoms with Crippen molar-refractivity contribution in [3.05, 3.63) is 58.9 Å². The maximum atomic E-state index is 13.7. The summed E-state index contributed by atoms with van der Waals surface area (Å²) in [6.45, 7) is 3.55.